The van der Waals surface area contributed by atoms with Crippen LogP contribution in [0.1, 0.15) is 46.0 Å². The van der Waals surface area contributed by atoms with Crippen LogP contribution in [0.4, 0.5) is 0 Å². The summed E-state index contributed by atoms with van der Waals surface area (Å²) in [5, 5.41) is 19.4. The van der Waals surface area contributed by atoms with E-state index in [0.717, 1.165) is 4.73 Å². The highest BCUT2D eigenvalue weighted by molar-refractivity contribution is 5.89. The minimum Gasteiger partial charge on any atom is -0.479 e. The van der Waals surface area contributed by atoms with Crippen molar-refractivity contribution in [2.75, 3.05) is 0 Å². The second-order valence-electron chi connectivity index (χ2n) is 6.00. The summed E-state index contributed by atoms with van der Waals surface area (Å²) in [6.45, 7) is 3.69. The SMILES string of the molecule is CCC(N)CC(CC)OC(=O)CC(O)(CC(=O)On1ccnc1)C(=O)O. The highest BCUT2D eigenvalue weighted by Crippen LogP contribution is 2.19. The monoisotopic (exact) mass is 371 g/mol. The maximum absolute atomic E-state index is 12.0. The lowest BCUT2D eigenvalue weighted by Gasteiger charge is -2.24. The predicted octanol–water partition coefficient (Wildman–Crippen LogP) is -0.117. The molecule has 4 N–H and O–H groups in total. The van der Waals surface area contributed by atoms with Gasteiger partial charge in [0.15, 0.2) is 5.60 Å². The molecule has 1 rings (SSSR count). The topological polar surface area (TPSA) is 154 Å². The molecular weight excluding hydrogens is 346 g/mol. The number of aliphatic hydroxyl groups is 1. The van der Waals surface area contributed by atoms with Gasteiger partial charge >= 0.3 is 17.9 Å². The second-order valence-corrected chi connectivity index (χ2v) is 6.00. The summed E-state index contributed by atoms with van der Waals surface area (Å²) in [5.74, 6) is -3.70. The number of nitrogens with two attached hydrogens (primary N) is 1. The minimum absolute atomic E-state index is 0.156. The number of aliphatic carboxylic acids is 1. The van der Waals surface area contributed by atoms with Gasteiger partial charge < -0.3 is 25.5 Å². The quantitative estimate of drug-likeness (QED) is 0.452. The lowest BCUT2D eigenvalue weighted by molar-refractivity contribution is -0.175. The van der Waals surface area contributed by atoms with Crippen LogP contribution in [0.2, 0.25) is 0 Å². The van der Waals surface area contributed by atoms with Crippen LogP contribution in [0.25, 0.3) is 0 Å². The van der Waals surface area contributed by atoms with Crippen molar-refractivity contribution in [2.24, 2.45) is 5.73 Å². The van der Waals surface area contributed by atoms with Crippen molar-refractivity contribution >= 4 is 17.9 Å². The number of carbonyl (C=O) groups is 3. The number of ether oxygens (including phenoxy) is 1. The average molecular weight is 371 g/mol. The Balaban J connectivity index is 2.68. The Bertz CT molecular complexity index is 605. The highest BCUT2D eigenvalue weighted by atomic mass is 16.7. The van der Waals surface area contributed by atoms with Crippen LogP contribution in [0.15, 0.2) is 18.7 Å². The molecule has 3 atom stereocenters. The van der Waals surface area contributed by atoms with Gasteiger partial charge in [-0.2, -0.15) is 4.73 Å². The molecule has 10 nitrogen and oxygen atoms in total. The zero-order valence-corrected chi connectivity index (χ0v) is 14.8. The summed E-state index contributed by atoms with van der Waals surface area (Å²) in [6.07, 6.45) is 3.14. The third kappa shape index (κ3) is 6.81. The van der Waals surface area contributed by atoms with Crippen LogP contribution < -0.4 is 10.6 Å². The van der Waals surface area contributed by atoms with Crippen molar-refractivity contribution in [2.45, 2.75) is 63.7 Å². The fourth-order valence-corrected chi connectivity index (χ4v) is 2.17. The van der Waals surface area contributed by atoms with E-state index in [0.29, 0.717) is 19.3 Å². The van der Waals surface area contributed by atoms with Gasteiger partial charge in [0.1, 0.15) is 12.4 Å². The number of aromatic nitrogens is 2. The molecule has 0 aliphatic carbocycles. The molecule has 1 heterocycles. The first-order valence-electron chi connectivity index (χ1n) is 8.30. The van der Waals surface area contributed by atoms with E-state index in [4.69, 9.17) is 15.3 Å². The molecule has 0 radical (unpaired) electrons. The number of carboxylic acid groups (broad SMARTS) is 1. The van der Waals surface area contributed by atoms with Gasteiger partial charge in [0.05, 0.1) is 19.0 Å². The summed E-state index contributed by atoms with van der Waals surface area (Å²) in [4.78, 5) is 43.7. The summed E-state index contributed by atoms with van der Waals surface area (Å²) < 4.78 is 6.14. The summed E-state index contributed by atoms with van der Waals surface area (Å²) in [5.41, 5.74) is 3.19. The summed E-state index contributed by atoms with van der Waals surface area (Å²) in [6, 6.07) is -0.156. The van der Waals surface area contributed by atoms with Gasteiger partial charge in [0.2, 0.25) is 0 Å². The van der Waals surface area contributed by atoms with E-state index < -0.39 is 42.5 Å². The first-order chi connectivity index (χ1) is 12.2. The Morgan fingerprint density at radius 3 is 2.38 bits per heavy atom. The van der Waals surface area contributed by atoms with Crippen molar-refractivity contribution in [3.63, 3.8) is 0 Å². The Morgan fingerprint density at radius 2 is 1.88 bits per heavy atom. The molecule has 10 heteroatoms. The molecule has 0 fully saturated rings. The average Bonchev–Trinajstić information content (AvgIpc) is 3.06. The molecule has 0 aromatic carbocycles. The maximum atomic E-state index is 12.0. The molecule has 0 bridgehead atoms. The number of hydrogen-bond donors (Lipinski definition) is 3. The van der Waals surface area contributed by atoms with Gasteiger partial charge in [0.25, 0.3) is 0 Å². The maximum Gasteiger partial charge on any atom is 0.336 e. The van der Waals surface area contributed by atoms with E-state index in [1.54, 1.807) is 6.92 Å². The molecule has 3 unspecified atom stereocenters. The standard InChI is InChI=1S/C16H25N3O7/c1-3-11(17)7-12(4-2)25-13(20)8-16(24,15(22)23)9-14(21)26-19-6-5-18-10-19/h5-6,10-12,24H,3-4,7-9,17H2,1-2H3,(H,22,23). The molecule has 0 saturated carbocycles. The molecule has 146 valence electrons. The van der Waals surface area contributed by atoms with E-state index >= 15 is 0 Å². The molecule has 1 aromatic heterocycles. The van der Waals surface area contributed by atoms with E-state index in [-0.39, 0.29) is 6.04 Å². The first kappa shape index (κ1) is 21.6. The van der Waals surface area contributed by atoms with Crippen LogP contribution in [-0.2, 0) is 19.1 Å². The molecule has 0 aliphatic rings. The number of nitrogens with zero attached hydrogens (tertiary/aromatic N) is 2. The van der Waals surface area contributed by atoms with Gasteiger partial charge in [-0.15, -0.1) is 0 Å². The Morgan fingerprint density at radius 1 is 1.23 bits per heavy atom. The van der Waals surface area contributed by atoms with Crippen LogP contribution in [-0.4, -0.2) is 55.6 Å². The summed E-state index contributed by atoms with van der Waals surface area (Å²) >= 11 is 0. The van der Waals surface area contributed by atoms with Crippen molar-refractivity contribution in [1.29, 1.82) is 0 Å². The molecule has 0 spiro atoms. The fraction of sp³-hybridized carbons (Fsp3) is 0.625. The second kappa shape index (κ2) is 9.88. The van der Waals surface area contributed by atoms with Crippen molar-refractivity contribution in [3.8, 4) is 0 Å². The number of hydrogen-bond acceptors (Lipinski definition) is 8. The van der Waals surface area contributed by atoms with Crippen molar-refractivity contribution in [3.05, 3.63) is 18.7 Å². The Kier molecular flexibility index (Phi) is 8.20. The number of rotatable bonds is 11. The lowest BCUT2D eigenvalue weighted by Crippen LogP contribution is -2.45. The summed E-state index contributed by atoms with van der Waals surface area (Å²) in [7, 11) is 0. The van der Waals surface area contributed by atoms with Gasteiger partial charge in [-0.3, -0.25) is 4.79 Å². The molecule has 1 aromatic rings. The minimum atomic E-state index is -2.64. The predicted molar refractivity (Wildman–Crippen MR) is 88.7 cm³/mol. The molecular formula is C16H25N3O7. The molecule has 0 saturated heterocycles. The highest BCUT2D eigenvalue weighted by Gasteiger charge is 2.42. The van der Waals surface area contributed by atoms with Crippen LogP contribution >= 0.6 is 0 Å². The number of carbonyl (C=O) groups excluding carboxylic acids is 2. The smallest absolute Gasteiger partial charge is 0.336 e. The van der Waals surface area contributed by atoms with Crippen LogP contribution in [0, 0.1) is 0 Å². The number of esters is 1. The fourth-order valence-electron chi connectivity index (χ4n) is 2.17. The molecule has 0 amide bonds. The molecule has 0 aliphatic heterocycles. The van der Waals surface area contributed by atoms with Crippen LogP contribution in [0.5, 0.6) is 0 Å². The number of imidazole rings is 1. The Labute approximate surface area is 150 Å². The van der Waals surface area contributed by atoms with E-state index in [1.165, 1.54) is 18.7 Å². The van der Waals surface area contributed by atoms with Gasteiger partial charge in [-0.05, 0) is 19.3 Å². The van der Waals surface area contributed by atoms with Gasteiger partial charge in [-0.1, -0.05) is 13.8 Å². The zero-order valence-electron chi connectivity index (χ0n) is 14.8. The van der Waals surface area contributed by atoms with E-state index in [9.17, 15) is 24.6 Å². The van der Waals surface area contributed by atoms with E-state index in [2.05, 4.69) is 4.98 Å². The van der Waals surface area contributed by atoms with Crippen molar-refractivity contribution < 1.29 is 34.2 Å². The zero-order chi connectivity index (χ0) is 19.7. The number of carboxylic acids is 1. The van der Waals surface area contributed by atoms with Gasteiger partial charge in [0, 0.05) is 12.2 Å². The van der Waals surface area contributed by atoms with Crippen molar-refractivity contribution in [1.82, 2.24) is 9.71 Å². The lowest BCUT2D eigenvalue weighted by atomic mass is 9.95. The third-order valence-electron chi connectivity index (χ3n) is 3.80. The van der Waals surface area contributed by atoms with E-state index in [1.807, 2.05) is 6.92 Å². The van der Waals surface area contributed by atoms with Gasteiger partial charge in [-0.25, -0.2) is 14.6 Å². The molecule has 26 heavy (non-hydrogen) atoms. The largest absolute Gasteiger partial charge is 0.479 e. The van der Waals surface area contributed by atoms with Crippen LogP contribution in [0.3, 0.4) is 0 Å². The normalized spacial score (nSPS) is 15.5. The third-order valence-corrected chi connectivity index (χ3v) is 3.80. The Hall–Kier alpha value is -2.46. The first-order valence-corrected chi connectivity index (χ1v) is 8.30.